The lowest BCUT2D eigenvalue weighted by atomic mass is 9.71. The third-order valence-corrected chi connectivity index (χ3v) is 4.90. The zero-order valence-electron chi connectivity index (χ0n) is 14.5. The molecule has 0 aromatic heterocycles. The summed E-state index contributed by atoms with van der Waals surface area (Å²) in [6.45, 7) is 9.19. The molecule has 0 aliphatic heterocycles. The lowest BCUT2D eigenvalue weighted by Crippen LogP contribution is -2.33. The SMILES string of the molecule is CCCC1CCC(CNCC)C(CCCOCCOC)C1. The van der Waals surface area contributed by atoms with Crippen LogP contribution in [0.15, 0.2) is 0 Å². The Hall–Kier alpha value is -0.120. The van der Waals surface area contributed by atoms with Gasteiger partial charge < -0.3 is 14.8 Å². The fraction of sp³-hybridized carbons (Fsp3) is 1.00. The molecule has 0 radical (unpaired) electrons. The van der Waals surface area contributed by atoms with Crippen molar-refractivity contribution in [3.8, 4) is 0 Å². The first kappa shape index (κ1) is 18.9. The predicted molar refractivity (Wildman–Crippen MR) is 89.7 cm³/mol. The third-order valence-electron chi connectivity index (χ3n) is 4.90. The molecule has 1 rings (SSSR count). The summed E-state index contributed by atoms with van der Waals surface area (Å²) < 4.78 is 10.6. The number of hydrogen-bond acceptors (Lipinski definition) is 3. The van der Waals surface area contributed by atoms with Crippen LogP contribution in [0.1, 0.15) is 58.8 Å². The molecule has 3 nitrogen and oxygen atoms in total. The molecule has 0 aromatic rings. The monoisotopic (exact) mass is 299 g/mol. The topological polar surface area (TPSA) is 30.5 Å². The van der Waals surface area contributed by atoms with Gasteiger partial charge in [0.15, 0.2) is 0 Å². The quantitative estimate of drug-likeness (QED) is 0.555. The van der Waals surface area contributed by atoms with E-state index >= 15 is 0 Å². The van der Waals surface area contributed by atoms with Crippen LogP contribution < -0.4 is 5.32 Å². The highest BCUT2D eigenvalue weighted by Crippen LogP contribution is 2.38. The Labute approximate surface area is 132 Å². The fourth-order valence-electron chi connectivity index (χ4n) is 3.74. The van der Waals surface area contributed by atoms with Crippen molar-refractivity contribution < 1.29 is 9.47 Å². The van der Waals surface area contributed by atoms with Gasteiger partial charge in [-0.25, -0.2) is 0 Å². The molecule has 0 heterocycles. The van der Waals surface area contributed by atoms with Gasteiger partial charge in [0.05, 0.1) is 13.2 Å². The molecule has 126 valence electrons. The second-order valence-electron chi connectivity index (χ2n) is 6.54. The molecule has 0 aromatic carbocycles. The largest absolute Gasteiger partial charge is 0.382 e. The van der Waals surface area contributed by atoms with E-state index in [1.54, 1.807) is 7.11 Å². The number of hydrogen-bond donors (Lipinski definition) is 1. The van der Waals surface area contributed by atoms with Crippen molar-refractivity contribution in [2.75, 3.05) is 40.0 Å². The molecule has 1 aliphatic rings. The normalized spacial score (nSPS) is 26.1. The average Bonchev–Trinajstić information content (AvgIpc) is 2.50. The molecule has 1 aliphatic carbocycles. The van der Waals surface area contributed by atoms with Crippen molar-refractivity contribution in [2.24, 2.45) is 17.8 Å². The summed E-state index contributed by atoms with van der Waals surface area (Å²) in [4.78, 5) is 0. The Morgan fingerprint density at radius 2 is 1.86 bits per heavy atom. The minimum absolute atomic E-state index is 0.713. The number of nitrogens with one attached hydrogen (secondary N) is 1. The molecule has 3 atom stereocenters. The van der Waals surface area contributed by atoms with E-state index in [1.807, 2.05) is 0 Å². The van der Waals surface area contributed by atoms with Gasteiger partial charge in [0.1, 0.15) is 0 Å². The van der Waals surface area contributed by atoms with Gasteiger partial charge in [-0.15, -0.1) is 0 Å². The fourth-order valence-corrected chi connectivity index (χ4v) is 3.74. The van der Waals surface area contributed by atoms with E-state index in [2.05, 4.69) is 19.2 Å². The van der Waals surface area contributed by atoms with Crippen molar-refractivity contribution >= 4 is 0 Å². The van der Waals surface area contributed by atoms with Gasteiger partial charge in [-0.2, -0.15) is 0 Å². The molecule has 0 saturated heterocycles. The maximum absolute atomic E-state index is 5.62. The Bertz CT molecular complexity index is 235. The predicted octanol–water partition coefficient (Wildman–Crippen LogP) is 3.87. The molecular weight excluding hydrogens is 262 g/mol. The summed E-state index contributed by atoms with van der Waals surface area (Å²) in [5.41, 5.74) is 0. The van der Waals surface area contributed by atoms with E-state index < -0.39 is 0 Å². The molecule has 3 unspecified atom stereocenters. The third kappa shape index (κ3) is 8.18. The van der Waals surface area contributed by atoms with Gasteiger partial charge in [-0.05, 0) is 56.5 Å². The highest BCUT2D eigenvalue weighted by molar-refractivity contribution is 4.81. The summed E-state index contributed by atoms with van der Waals surface area (Å²) in [7, 11) is 1.73. The van der Waals surface area contributed by atoms with Crippen LogP contribution in [-0.2, 0) is 9.47 Å². The lowest BCUT2D eigenvalue weighted by molar-refractivity contribution is 0.0626. The van der Waals surface area contributed by atoms with Crippen molar-refractivity contribution in [2.45, 2.75) is 58.8 Å². The molecule has 1 fully saturated rings. The summed E-state index contributed by atoms with van der Waals surface area (Å²) >= 11 is 0. The second kappa shape index (κ2) is 12.4. The smallest absolute Gasteiger partial charge is 0.0700 e. The van der Waals surface area contributed by atoms with Crippen molar-refractivity contribution in [1.82, 2.24) is 5.32 Å². The Balaban J connectivity index is 2.27. The zero-order valence-corrected chi connectivity index (χ0v) is 14.5. The molecule has 3 heteroatoms. The Morgan fingerprint density at radius 3 is 2.57 bits per heavy atom. The molecule has 21 heavy (non-hydrogen) atoms. The molecule has 0 amide bonds. The van der Waals surface area contributed by atoms with Gasteiger partial charge in [0.2, 0.25) is 0 Å². The van der Waals surface area contributed by atoms with Gasteiger partial charge in [0, 0.05) is 13.7 Å². The number of methoxy groups -OCH3 is 1. The van der Waals surface area contributed by atoms with Crippen LogP contribution in [-0.4, -0.2) is 40.0 Å². The number of rotatable bonds is 12. The average molecular weight is 299 g/mol. The van der Waals surface area contributed by atoms with Gasteiger partial charge in [-0.1, -0.05) is 33.1 Å². The maximum atomic E-state index is 5.62. The molecule has 0 bridgehead atoms. The summed E-state index contributed by atoms with van der Waals surface area (Å²) in [6.07, 6.45) is 9.63. The first-order chi connectivity index (χ1) is 10.3. The molecule has 0 spiro atoms. The van der Waals surface area contributed by atoms with Crippen LogP contribution in [0.3, 0.4) is 0 Å². The first-order valence-electron chi connectivity index (χ1n) is 9.09. The molecule has 1 saturated carbocycles. The highest BCUT2D eigenvalue weighted by Gasteiger charge is 2.29. The minimum Gasteiger partial charge on any atom is -0.382 e. The minimum atomic E-state index is 0.713. The standard InChI is InChI=1S/C18H37NO2/c1-4-7-16-9-10-18(15-19-5-2)17(14-16)8-6-11-21-13-12-20-3/h16-19H,4-15H2,1-3H3. The van der Waals surface area contributed by atoms with Crippen LogP contribution in [0.4, 0.5) is 0 Å². The van der Waals surface area contributed by atoms with Crippen molar-refractivity contribution in [3.63, 3.8) is 0 Å². The molecule has 1 N–H and O–H groups in total. The Kier molecular flexibility index (Phi) is 11.2. The zero-order chi connectivity index (χ0) is 15.3. The summed E-state index contributed by atoms with van der Waals surface area (Å²) in [5.74, 6) is 2.77. The van der Waals surface area contributed by atoms with Crippen LogP contribution >= 0.6 is 0 Å². The first-order valence-corrected chi connectivity index (χ1v) is 9.09. The number of ether oxygens (including phenoxy) is 2. The van der Waals surface area contributed by atoms with E-state index in [1.165, 1.54) is 51.5 Å². The van der Waals surface area contributed by atoms with Gasteiger partial charge in [0.25, 0.3) is 0 Å². The van der Waals surface area contributed by atoms with Gasteiger partial charge in [-0.3, -0.25) is 0 Å². The van der Waals surface area contributed by atoms with Crippen LogP contribution in [0.2, 0.25) is 0 Å². The maximum Gasteiger partial charge on any atom is 0.0700 e. The van der Waals surface area contributed by atoms with E-state index in [4.69, 9.17) is 9.47 Å². The van der Waals surface area contributed by atoms with Crippen molar-refractivity contribution in [3.05, 3.63) is 0 Å². The van der Waals surface area contributed by atoms with Gasteiger partial charge >= 0.3 is 0 Å². The van der Waals surface area contributed by atoms with Crippen LogP contribution in [0, 0.1) is 17.8 Å². The highest BCUT2D eigenvalue weighted by atomic mass is 16.5. The van der Waals surface area contributed by atoms with E-state index in [-0.39, 0.29) is 0 Å². The van der Waals surface area contributed by atoms with Crippen molar-refractivity contribution in [1.29, 1.82) is 0 Å². The lowest BCUT2D eigenvalue weighted by Gasteiger charge is -2.36. The van der Waals surface area contributed by atoms with E-state index in [0.29, 0.717) is 6.61 Å². The Morgan fingerprint density at radius 1 is 1.00 bits per heavy atom. The summed E-state index contributed by atoms with van der Waals surface area (Å²) in [5, 5.41) is 3.57. The molecular formula is C18H37NO2. The second-order valence-corrected chi connectivity index (χ2v) is 6.54. The van der Waals surface area contributed by atoms with Crippen LogP contribution in [0.5, 0.6) is 0 Å². The van der Waals surface area contributed by atoms with E-state index in [9.17, 15) is 0 Å². The van der Waals surface area contributed by atoms with E-state index in [0.717, 1.165) is 37.5 Å². The summed E-state index contributed by atoms with van der Waals surface area (Å²) in [6, 6.07) is 0. The van der Waals surface area contributed by atoms with Crippen LogP contribution in [0.25, 0.3) is 0 Å².